The summed E-state index contributed by atoms with van der Waals surface area (Å²) in [6, 6.07) is 16.3. The van der Waals surface area contributed by atoms with E-state index in [1.54, 1.807) is 0 Å². The lowest BCUT2D eigenvalue weighted by atomic mass is 9.92. The van der Waals surface area contributed by atoms with Crippen molar-refractivity contribution in [3.05, 3.63) is 48.0 Å². The summed E-state index contributed by atoms with van der Waals surface area (Å²) in [5.74, 6) is 0.770. The maximum Gasteiger partial charge on any atom is 0.00683 e. The molecule has 0 spiro atoms. The first-order valence-electron chi connectivity index (χ1n) is 8.07. The smallest absolute Gasteiger partial charge is 0.00683 e. The largest absolute Gasteiger partial charge is 0.314 e. The van der Waals surface area contributed by atoms with Crippen LogP contribution in [0.4, 0.5) is 0 Å². The molecule has 0 saturated heterocycles. The monoisotopic (exact) mass is 267 g/mol. The van der Waals surface area contributed by atoms with E-state index in [0.717, 1.165) is 12.0 Å². The molecule has 2 aromatic rings. The summed E-state index contributed by atoms with van der Waals surface area (Å²) in [7, 11) is 0. The third-order valence-electron chi connectivity index (χ3n) is 4.36. The first-order valence-corrected chi connectivity index (χ1v) is 8.07. The van der Waals surface area contributed by atoms with Gasteiger partial charge in [0.15, 0.2) is 0 Å². The Morgan fingerprint density at radius 2 is 1.90 bits per heavy atom. The summed E-state index contributed by atoms with van der Waals surface area (Å²) in [5.41, 5.74) is 1.51. The van der Waals surface area contributed by atoms with Crippen molar-refractivity contribution in [2.45, 2.75) is 45.1 Å². The average Bonchev–Trinajstić information content (AvgIpc) is 3.30. The van der Waals surface area contributed by atoms with Crippen molar-refractivity contribution < 1.29 is 0 Å². The molecule has 0 aliphatic heterocycles. The normalized spacial score (nSPS) is 16.4. The van der Waals surface area contributed by atoms with Crippen LogP contribution in [0.1, 0.15) is 38.2 Å². The van der Waals surface area contributed by atoms with Crippen molar-refractivity contribution in [1.82, 2.24) is 5.32 Å². The van der Waals surface area contributed by atoms with Crippen molar-refractivity contribution in [2.75, 3.05) is 6.54 Å². The molecular formula is C19H25N. The van der Waals surface area contributed by atoms with Gasteiger partial charge in [-0.15, -0.1) is 0 Å². The molecule has 0 heterocycles. The molecule has 3 rings (SSSR count). The zero-order valence-corrected chi connectivity index (χ0v) is 12.4. The second kappa shape index (κ2) is 6.41. The molecule has 1 atom stereocenters. The van der Waals surface area contributed by atoms with Gasteiger partial charge < -0.3 is 5.32 Å². The van der Waals surface area contributed by atoms with Crippen molar-refractivity contribution in [1.29, 1.82) is 0 Å². The molecule has 2 aromatic carbocycles. The van der Waals surface area contributed by atoms with E-state index in [2.05, 4.69) is 54.7 Å². The van der Waals surface area contributed by atoms with E-state index in [0.29, 0.717) is 0 Å². The quantitative estimate of drug-likeness (QED) is 0.776. The van der Waals surface area contributed by atoms with Crippen molar-refractivity contribution in [3.8, 4) is 0 Å². The molecule has 106 valence electrons. The highest BCUT2D eigenvalue weighted by Crippen LogP contribution is 2.24. The van der Waals surface area contributed by atoms with Gasteiger partial charge in [0.1, 0.15) is 0 Å². The van der Waals surface area contributed by atoms with Crippen LogP contribution in [0, 0.1) is 5.92 Å². The van der Waals surface area contributed by atoms with Crippen LogP contribution in [-0.4, -0.2) is 12.6 Å². The van der Waals surface area contributed by atoms with Gasteiger partial charge in [0, 0.05) is 6.04 Å². The predicted octanol–water partition coefficient (Wildman–Crippen LogP) is 4.55. The second-order valence-electron chi connectivity index (χ2n) is 6.18. The Hall–Kier alpha value is -1.34. The lowest BCUT2D eigenvalue weighted by molar-refractivity contribution is 0.438. The molecule has 1 heteroatoms. The van der Waals surface area contributed by atoms with E-state index in [9.17, 15) is 0 Å². The minimum absolute atomic E-state index is 0.770. The molecule has 0 amide bonds. The second-order valence-corrected chi connectivity index (χ2v) is 6.18. The van der Waals surface area contributed by atoms with Crippen molar-refractivity contribution in [2.24, 2.45) is 5.92 Å². The summed E-state index contributed by atoms with van der Waals surface area (Å²) in [6.45, 7) is 3.48. The number of hydrogen-bond acceptors (Lipinski definition) is 1. The third-order valence-corrected chi connectivity index (χ3v) is 4.36. The number of rotatable bonds is 7. The van der Waals surface area contributed by atoms with Gasteiger partial charge in [-0.3, -0.25) is 0 Å². The number of hydrogen-bond donors (Lipinski definition) is 1. The summed E-state index contributed by atoms with van der Waals surface area (Å²) >= 11 is 0. The number of nitrogens with one attached hydrogen (secondary N) is 1. The van der Waals surface area contributed by atoms with E-state index in [4.69, 9.17) is 0 Å². The van der Waals surface area contributed by atoms with Crippen LogP contribution in [0.25, 0.3) is 10.8 Å². The van der Waals surface area contributed by atoms with Crippen LogP contribution in [0.2, 0.25) is 0 Å². The molecule has 1 aliphatic rings. The van der Waals surface area contributed by atoms with E-state index in [-0.39, 0.29) is 0 Å². The highest BCUT2D eigenvalue weighted by molar-refractivity contribution is 5.85. The Balaban J connectivity index is 1.74. The molecule has 20 heavy (non-hydrogen) atoms. The van der Waals surface area contributed by atoms with Crippen LogP contribution in [-0.2, 0) is 6.42 Å². The maximum atomic E-state index is 3.71. The van der Waals surface area contributed by atoms with Crippen LogP contribution in [0.5, 0.6) is 0 Å². The SMILES string of the molecule is CCCC(CNC1CC1)Cc1cccc2ccccc12. The summed E-state index contributed by atoms with van der Waals surface area (Å²) < 4.78 is 0. The highest BCUT2D eigenvalue weighted by atomic mass is 14.9. The molecule has 0 aromatic heterocycles. The minimum atomic E-state index is 0.770. The third kappa shape index (κ3) is 3.40. The topological polar surface area (TPSA) is 12.0 Å². The van der Waals surface area contributed by atoms with Gasteiger partial charge in [0.05, 0.1) is 0 Å². The standard InChI is InChI=1S/C19H25N/c1-2-6-15(14-20-18-11-12-18)13-17-9-5-8-16-7-3-4-10-19(16)17/h3-5,7-10,15,18,20H,2,6,11-14H2,1H3. The Morgan fingerprint density at radius 3 is 2.70 bits per heavy atom. The van der Waals surface area contributed by atoms with Gasteiger partial charge in [-0.2, -0.15) is 0 Å². The first-order chi connectivity index (χ1) is 9.86. The molecule has 0 bridgehead atoms. The van der Waals surface area contributed by atoms with Gasteiger partial charge in [0.25, 0.3) is 0 Å². The van der Waals surface area contributed by atoms with E-state index in [1.165, 1.54) is 55.0 Å². The fourth-order valence-electron chi connectivity index (χ4n) is 3.09. The average molecular weight is 267 g/mol. The fourth-order valence-corrected chi connectivity index (χ4v) is 3.09. The van der Waals surface area contributed by atoms with E-state index in [1.807, 2.05) is 0 Å². The Bertz CT molecular complexity index is 551. The molecule has 1 N–H and O–H groups in total. The zero-order chi connectivity index (χ0) is 13.8. The molecule has 1 unspecified atom stereocenters. The van der Waals surface area contributed by atoms with Gasteiger partial charge in [-0.05, 0) is 54.5 Å². The Labute approximate surface area is 122 Å². The first kappa shape index (κ1) is 13.6. The Morgan fingerprint density at radius 1 is 1.10 bits per heavy atom. The van der Waals surface area contributed by atoms with Gasteiger partial charge in [-0.25, -0.2) is 0 Å². The van der Waals surface area contributed by atoms with Gasteiger partial charge >= 0.3 is 0 Å². The maximum absolute atomic E-state index is 3.71. The van der Waals surface area contributed by atoms with Crippen LogP contribution in [0.3, 0.4) is 0 Å². The molecule has 1 aliphatic carbocycles. The summed E-state index contributed by atoms with van der Waals surface area (Å²) in [6.07, 6.45) is 6.57. The molecule has 1 saturated carbocycles. The van der Waals surface area contributed by atoms with E-state index >= 15 is 0 Å². The molecule has 1 nitrogen and oxygen atoms in total. The predicted molar refractivity (Wildman–Crippen MR) is 87.1 cm³/mol. The Kier molecular flexibility index (Phi) is 4.37. The van der Waals surface area contributed by atoms with Gasteiger partial charge in [0.2, 0.25) is 0 Å². The van der Waals surface area contributed by atoms with Crippen LogP contribution in [0.15, 0.2) is 42.5 Å². The van der Waals surface area contributed by atoms with Crippen LogP contribution >= 0.6 is 0 Å². The van der Waals surface area contributed by atoms with Gasteiger partial charge in [-0.1, -0.05) is 55.8 Å². The highest BCUT2D eigenvalue weighted by Gasteiger charge is 2.21. The molecule has 0 radical (unpaired) electrons. The summed E-state index contributed by atoms with van der Waals surface area (Å²) in [4.78, 5) is 0. The summed E-state index contributed by atoms with van der Waals surface area (Å²) in [5, 5.41) is 6.51. The lowest BCUT2D eigenvalue weighted by Gasteiger charge is -2.18. The molecular weight excluding hydrogens is 242 g/mol. The van der Waals surface area contributed by atoms with Crippen molar-refractivity contribution in [3.63, 3.8) is 0 Å². The minimum Gasteiger partial charge on any atom is -0.314 e. The van der Waals surface area contributed by atoms with Crippen molar-refractivity contribution >= 4 is 10.8 Å². The number of benzene rings is 2. The lowest BCUT2D eigenvalue weighted by Crippen LogP contribution is -2.26. The fraction of sp³-hybridized carbons (Fsp3) is 0.474. The number of fused-ring (bicyclic) bond motifs is 1. The van der Waals surface area contributed by atoms with E-state index < -0.39 is 0 Å². The molecule has 1 fully saturated rings. The zero-order valence-electron chi connectivity index (χ0n) is 12.4. The van der Waals surface area contributed by atoms with Crippen LogP contribution < -0.4 is 5.32 Å².